The Morgan fingerprint density at radius 3 is 1.37 bits per heavy atom. The zero-order valence-electron chi connectivity index (χ0n) is 14.0. The number of aliphatic carboxylic acids is 2. The fraction of sp³-hybridized carbons (Fsp3) is 0.111. The van der Waals surface area contributed by atoms with Crippen LogP contribution in [-0.2, 0) is 36.0 Å². The molecular weight excluding hydrogens is 399 g/mol. The quantitative estimate of drug-likeness (QED) is 0.459. The van der Waals surface area contributed by atoms with Crippen molar-refractivity contribution in [1.29, 1.82) is 0 Å². The molecule has 0 saturated heterocycles. The predicted octanol–water partition coefficient (Wildman–Crippen LogP) is 0.477. The van der Waals surface area contributed by atoms with Crippen molar-refractivity contribution < 1.29 is 46.2 Å². The Kier molecular flexibility index (Phi) is 11.5. The van der Waals surface area contributed by atoms with Gasteiger partial charge in [0, 0.05) is 40.3 Å². The van der Waals surface area contributed by atoms with E-state index in [1.54, 1.807) is 36.5 Å². The first-order valence-corrected chi connectivity index (χ1v) is 7.49. The third-order valence-corrected chi connectivity index (χ3v) is 2.86. The van der Waals surface area contributed by atoms with Gasteiger partial charge in [0.25, 0.3) is 0 Å². The van der Waals surface area contributed by atoms with Crippen molar-refractivity contribution in [1.82, 2.24) is 10.6 Å². The number of rotatable bonds is 6. The fourth-order valence-corrected chi connectivity index (χ4v) is 1.70. The van der Waals surface area contributed by atoms with Gasteiger partial charge in [-0.05, 0) is 24.3 Å². The molecule has 2 aliphatic carbocycles. The van der Waals surface area contributed by atoms with Gasteiger partial charge in [-0.15, -0.1) is 0 Å². The molecule has 8 nitrogen and oxygen atoms in total. The topological polar surface area (TPSA) is 133 Å². The molecule has 0 amide bonds. The SMILES string of the molecule is O=C(O)CNC=C1C=CC=CC1=O.O=C(O)CNC=C1C=CC=CC1=O.[Co]. The van der Waals surface area contributed by atoms with E-state index in [2.05, 4.69) is 10.6 Å². The molecule has 0 aromatic rings. The molecule has 0 heterocycles. The molecule has 2 aliphatic rings. The summed E-state index contributed by atoms with van der Waals surface area (Å²) in [4.78, 5) is 42.4. The van der Waals surface area contributed by atoms with Gasteiger partial charge in [-0.2, -0.15) is 0 Å². The number of carbonyl (C=O) groups excluding carboxylic acids is 2. The minimum atomic E-state index is -0.959. The van der Waals surface area contributed by atoms with Crippen LogP contribution in [0.5, 0.6) is 0 Å². The van der Waals surface area contributed by atoms with Crippen molar-refractivity contribution in [2.45, 2.75) is 0 Å². The molecule has 9 heteroatoms. The maximum atomic E-state index is 11.1. The van der Waals surface area contributed by atoms with Gasteiger partial charge in [-0.25, -0.2) is 0 Å². The van der Waals surface area contributed by atoms with Gasteiger partial charge in [0.15, 0.2) is 11.6 Å². The van der Waals surface area contributed by atoms with Gasteiger partial charge in [0.1, 0.15) is 13.1 Å². The predicted molar refractivity (Wildman–Crippen MR) is 94.0 cm³/mol. The molecule has 0 spiro atoms. The van der Waals surface area contributed by atoms with Crippen LogP contribution < -0.4 is 10.6 Å². The summed E-state index contributed by atoms with van der Waals surface area (Å²) in [5.74, 6) is -2.17. The van der Waals surface area contributed by atoms with E-state index in [9.17, 15) is 19.2 Å². The molecule has 27 heavy (non-hydrogen) atoms. The van der Waals surface area contributed by atoms with Crippen LogP contribution in [0.4, 0.5) is 0 Å². The summed E-state index contributed by atoms with van der Waals surface area (Å²) >= 11 is 0. The van der Waals surface area contributed by atoms with Crippen LogP contribution in [0.1, 0.15) is 0 Å². The van der Waals surface area contributed by atoms with Crippen LogP contribution in [0.15, 0.2) is 72.2 Å². The maximum absolute atomic E-state index is 11.1. The Bertz CT molecular complexity index is 696. The van der Waals surface area contributed by atoms with Crippen molar-refractivity contribution >= 4 is 23.5 Å². The maximum Gasteiger partial charge on any atom is 0.322 e. The van der Waals surface area contributed by atoms with E-state index in [1.807, 2.05) is 0 Å². The molecule has 0 saturated carbocycles. The van der Waals surface area contributed by atoms with E-state index < -0.39 is 11.9 Å². The third-order valence-electron chi connectivity index (χ3n) is 2.86. The van der Waals surface area contributed by atoms with E-state index in [4.69, 9.17) is 10.2 Å². The number of nitrogens with one attached hydrogen (secondary N) is 2. The molecule has 4 N–H and O–H groups in total. The van der Waals surface area contributed by atoms with Crippen LogP contribution >= 0.6 is 0 Å². The van der Waals surface area contributed by atoms with Gasteiger partial charge in [0.2, 0.25) is 0 Å². The number of carbonyl (C=O) groups is 4. The van der Waals surface area contributed by atoms with E-state index in [-0.39, 0.29) is 41.4 Å². The Balaban J connectivity index is 0.000000483. The summed E-state index contributed by atoms with van der Waals surface area (Å²) < 4.78 is 0. The number of hydrogen-bond donors (Lipinski definition) is 4. The minimum Gasteiger partial charge on any atom is -0.480 e. The second-order valence-electron chi connectivity index (χ2n) is 4.91. The van der Waals surface area contributed by atoms with Crippen LogP contribution in [0, 0.1) is 0 Å². The standard InChI is InChI=1S/2C9H9NO3.Co/c2*11-8-4-2-1-3-7(8)5-10-6-9(12)13;/h2*1-5,10H,6H2,(H,12,13);. The molecule has 0 aromatic carbocycles. The van der Waals surface area contributed by atoms with Crippen LogP contribution in [0.3, 0.4) is 0 Å². The summed E-state index contributed by atoms with van der Waals surface area (Å²) in [5.41, 5.74) is 0.924. The van der Waals surface area contributed by atoms with Crippen LogP contribution in [0.25, 0.3) is 0 Å². The first-order chi connectivity index (χ1) is 12.4. The molecule has 0 bridgehead atoms. The van der Waals surface area contributed by atoms with E-state index >= 15 is 0 Å². The number of carboxylic acid groups (broad SMARTS) is 2. The molecular formula is C18H18CoN2O6. The van der Waals surface area contributed by atoms with Crippen molar-refractivity contribution in [3.8, 4) is 0 Å². The molecule has 1 radical (unpaired) electrons. The Morgan fingerprint density at radius 1 is 0.741 bits per heavy atom. The van der Waals surface area contributed by atoms with Gasteiger partial charge in [-0.3, -0.25) is 19.2 Å². The minimum absolute atomic E-state index is 0. The Morgan fingerprint density at radius 2 is 1.07 bits per heavy atom. The number of carboxylic acids is 2. The normalized spacial score (nSPS) is 17.2. The third kappa shape index (κ3) is 10.4. The van der Waals surface area contributed by atoms with Gasteiger partial charge in [-0.1, -0.05) is 24.3 Å². The smallest absolute Gasteiger partial charge is 0.322 e. The Labute approximate surface area is 165 Å². The summed E-state index contributed by atoms with van der Waals surface area (Å²) in [6, 6.07) is 0. The summed E-state index contributed by atoms with van der Waals surface area (Å²) in [7, 11) is 0. The molecule has 2 rings (SSSR count). The van der Waals surface area contributed by atoms with Crippen LogP contribution in [-0.4, -0.2) is 46.8 Å². The molecule has 0 aliphatic heterocycles. The fourth-order valence-electron chi connectivity index (χ4n) is 1.70. The number of ketones is 2. The van der Waals surface area contributed by atoms with Gasteiger partial charge < -0.3 is 20.8 Å². The summed E-state index contributed by atoms with van der Waals surface area (Å²) in [6.45, 7) is -0.372. The number of allylic oxidation sites excluding steroid dienone is 10. The zero-order valence-corrected chi connectivity index (χ0v) is 15.1. The second-order valence-corrected chi connectivity index (χ2v) is 4.91. The summed E-state index contributed by atoms with van der Waals surface area (Å²) in [5, 5.41) is 21.6. The van der Waals surface area contributed by atoms with E-state index in [0.29, 0.717) is 11.1 Å². The van der Waals surface area contributed by atoms with Gasteiger partial charge in [0.05, 0.1) is 0 Å². The van der Waals surface area contributed by atoms with Crippen molar-refractivity contribution in [2.24, 2.45) is 0 Å². The molecule has 0 fully saturated rings. The van der Waals surface area contributed by atoms with Crippen molar-refractivity contribution in [2.75, 3.05) is 13.1 Å². The number of hydrogen-bond acceptors (Lipinski definition) is 6. The zero-order chi connectivity index (χ0) is 19.4. The first-order valence-electron chi connectivity index (χ1n) is 7.49. The van der Waals surface area contributed by atoms with E-state index in [1.165, 1.54) is 24.6 Å². The molecule has 145 valence electrons. The van der Waals surface area contributed by atoms with Crippen molar-refractivity contribution in [3.05, 3.63) is 72.2 Å². The average molecular weight is 417 g/mol. The molecule has 0 atom stereocenters. The Hall–Kier alpha value is -3.17. The van der Waals surface area contributed by atoms with Crippen LogP contribution in [0.2, 0.25) is 0 Å². The largest absolute Gasteiger partial charge is 0.480 e. The summed E-state index contributed by atoms with van der Waals surface area (Å²) in [6.07, 6.45) is 15.6. The van der Waals surface area contributed by atoms with Gasteiger partial charge >= 0.3 is 11.9 Å². The average Bonchev–Trinajstić information content (AvgIpc) is 2.58. The second kappa shape index (κ2) is 13.1. The molecule has 0 aromatic heterocycles. The molecule has 0 unspecified atom stereocenters. The monoisotopic (exact) mass is 417 g/mol. The first kappa shape index (κ1) is 23.8. The van der Waals surface area contributed by atoms with E-state index in [0.717, 1.165) is 0 Å². The van der Waals surface area contributed by atoms with Crippen molar-refractivity contribution in [3.63, 3.8) is 0 Å².